The largest absolute Gasteiger partial charge is 0.376 e. The third-order valence-electron chi connectivity index (χ3n) is 8.41. The van der Waals surface area contributed by atoms with Gasteiger partial charge in [-0.2, -0.15) is 0 Å². The molecule has 4 rings (SSSR count). The number of amides is 4. The Kier molecular flexibility index (Phi) is 7.65. The second-order valence-corrected chi connectivity index (χ2v) is 10.5. The Hall–Kier alpha value is -3.06. The monoisotopic (exact) mass is 478 g/mol. The van der Waals surface area contributed by atoms with Crippen LogP contribution in [0.1, 0.15) is 40.0 Å². The molecule has 35 heavy (non-hydrogen) atoms. The van der Waals surface area contributed by atoms with Crippen LogP contribution in [0.15, 0.2) is 60.7 Å². The molecule has 2 aromatic rings. The maximum Gasteiger partial charge on any atom is 0.321 e. The van der Waals surface area contributed by atoms with E-state index in [4.69, 9.17) is 4.74 Å². The first-order valence-corrected chi connectivity index (χ1v) is 12.6. The highest BCUT2D eigenvalue weighted by atomic mass is 16.5. The van der Waals surface area contributed by atoms with Gasteiger partial charge in [-0.3, -0.25) is 0 Å². The molecule has 7 nitrogen and oxygen atoms in total. The fourth-order valence-corrected chi connectivity index (χ4v) is 5.73. The van der Waals surface area contributed by atoms with Crippen molar-refractivity contribution in [2.45, 2.75) is 46.1 Å². The number of nitrogens with zero attached hydrogens (tertiary/aromatic N) is 1. The second kappa shape index (κ2) is 10.7. The molecule has 0 radical (unpaired) electrons. The molecular weight excluding hydrogens is 440 g/mol. The molecule has 2 saturated carbocycles. The minimum atomic E-state index is -0.298. The molecule has 0 spiro atoms. The first kappa shape index (κ1) is 25.0. The average molecular weight is 479 g/mol. The van der Waals surface area contributed by atoms with Crippen LogP contribution in [0.3, 0.4) is 0 Å². The Morgan fingerprint density at radius 1 is 0.943 bits per heavy atom. The van der Waals surface area contributed by atoms with Crippen molar-refractivity contribution in [1.82, 2.24) is 10.2 Å². The van der Waals surface area contributed by atoms with E-state index in [0.717, 1.165) is 17.8 Å². The molecule has 4 amide bonds. The summed E-state index contributed by atoms with van der Waals surface area (Å²) in [5, 5.41) is 8.59. The van der Waals surface area contributed by atoms with Crippen LogP contribution in [0.5, 0.6) is 0 Å². The van der Waals surface area contributed by atoms with Crippen LogP contribution in [0.4, 0.5) is 21.0 Å². The lowest BCUT2D eigenvalue weighted by Gasteiger charge is -2.39. The van der Waals surface area contributed by atoms with Crippen LogP contribution >= 0.6 is 0 Å². The zero-order valence-electron chi connectivity index (χ0n) is 21.0. The predicted octanol–water partition coefficient (Wildman–Crippen LogP) is 5.57. The minimum Gasteiger partial charge on any atom is -0.376 e. The number of benzene rings is 2. The molecule has 0 heterocycles. The molecule has 0 aliphatic heterocycles. The standard InChI is InChI=1S/C28H38N4O3/c1-27(2)21-14-15-28(27,3)24(20-21)35-19-18-32(26(34)31-23-12-8-5-9-13-23)17-16-29-25(33)30-22-10-6-4-7-11-22/h4-13,21,24H,14-20H2,1-3H3,(H,31,34)(H2,29,30,33). The fourth-order valence-electron chi connectivity index (χ4n) is 5.73. The van der Waals surface area contributed by atoms with Gasteiger partial charge >= 0.3 is 12.1 Å². The van der Waals surface area contributed by atoms with Crippen molar-refractivity contribution in [2.24, 2.45) is 16.7 Å². The molecule has 2 aliphatic carbocycles. The van der Waals surface area contributed by atoms with Gasteiger partial charge < -0.3 is 25.6 Å². The summed E-state index contributed by atoms with van der Waals surface area (Å²) in [6.45, 7) is 8.75. The van der Waals surface area contributed by atoms with E-state index >= 15 is 0 Å². The molecular formula is C28H38N4O3. The zero-order valence-corrected chi connectivity index (χ0v) is 21.0. The van der Waals surface area contributed by atoms with E-state index in [-0.39, 0.29) is 29.0 Å². The highest BCUT2D eigenvalue weighted by molar-refractivity contribution is 5.90. The number of rotatable bonds is 9. The van der Waals surface area contributed by atoms with Gasteiger partial charge in [-0.25, -0.2) is 9.59 Å². The van der Waals surface area contributed by atoms with Crippen LogP contribution < -0.4 is 16.0 Å². The molecule has 188 valence electrons. The summed E-state index contributed by atoms with van der Waals surface area (Å²) in [6.07, 6.45) is 3.81. The van der Waals surface area contributed by atoms with Gasteiger partial charge in [0.15, 0.2) is 0 Å². The van der Waals surface area contributed by atoms with Crippen molar-refractivity contribution in [2.75, 3.05) is 36.9 Å². The molecule has 7 heteroatoms. The Morgan fingerprint density at radius 3 is 2.14 bits per heavy atom. The summed E-state index contributed by atoms with van der Waals surface area (Å²) in [4.78, 5) is 27.0. The van der Waals surface area contributed by atoms with Gasteiger partial charge in [-0.1, -0.05) is 57.2 Å². The number of carbonyl (C=O) groups is 2. The number of anilines is 2. The Balaban J connectivity index is 1.30. The lowest BCUT2D eigenvalue weighted by Crippen LogP contribution is -2.44. The molecule has 3 atom stereocenters. The minimum absolute atomic E-state index is 0.186. The van der Waals surface area contributed by atoms with Crippen molar-refractivity contribution >= 4 is 23.4 Å². The summed E-state index contributed by atoms with van der Waals surface area (Å²) >= 11 is 0. The van der Waals surface area contributed by atoms with Crippen molar-refractivity contribution < 1.29 is 14.3 Å². The van der Waals surface area contributed by atoms with Crippen LogP contribution in [-0.2, 0) is 4.74 Å². The summed E-state index contributed by atoms with van der Waals surface area (Å²) in [6, 6.07) is 18.2. The SMILES string of the molecule is CC1(C)C2CCC1(C)C(OCCN(CCNC(=O)Nc1ccccc1)C(=O)Nc1ccccc1)C2. The lowest BCUT2D eigenvalue weighted by atomic mass is 9.70. The Bertz CT molecular complexity index is 998. The van der Waals surface area contributed by atoms with Gasteiger partial charge in [0, 0.05) is 31.0 Å². The summed E-state index contributed by atoms with van der Waals surface area (Å²) in [7, 11) is 0. The third-order valence-corrected chi connectivity index (χ3v) is 8.41. The molecule has 2 bridgehead atoms. The highest BCUT2D eigenvalue weighted by Crippen LogP contribution is 2.66. The Morgan fingerprint density at radius 2 is 1.57 bits per heavy atom. The van der Waals surface area contributed by atoms with E-state index in [2.05, 4.69) is 36.7 Å². The number of ether oxygens (including phenoxy) is 1. The van der Waals surface area contributed by atoms with E-state index in [9.17, 15) is 9.59 Å². The van der Waals surface area contributed by atoms with Crippen LogP contribution in [0.25, 0.3) is 0 Å². The number of carbonyl (C=O) groups excluding carboxylic acids is 2. The number of fused-ring (bicyclic) bond motifs is 2. The van der Waals surface area contributed by atoms with E-state index in [1.807, 2.05) is 60.7 Å². The van der Waals surface area contributed by atoms with Crippen LogP contribution in [-0.4, -0.2) is 49.3 Å². The van der Waals surface area contributed by atoms with Gasteiger partial charge in [0.1, 0.15) is 0 Å². The fraction of sp³-hybridized carbons (Fsp3) is 0.500. The van der Waals surface area contributed by atoms with Gasteiger partial charge in [0.2, 0.25) is 0 Å². The molecule has 2 fully saturated rings. The topological polar surface area (TPSA) is 82.7 Å². The molecule has 0 saturated heterocycles. The molecule has 3 unspecified atom stereocenters. The van der Waals surface area contributed by atoms with Crippen molar-refractivity contribution in [3.05, 3.63) is 60.7 Å². The summed E-state index contributed by atoms with van der Waals surface area (Å²) in [5.74, 6) is 0.710. The quantitative estimate of drug-likeness (QED) is 0.440. The first-order chi connectivity index (χ1) is 16.8. The number of para-hydroxylation sites is 2. The van der Waals surface area contributed by atoms with E-state index < -0.39 is 0 Å². The first-order valence-electron chi connectivity index (χ1n) is 12.6. The second-order valence-electron chi connectivity index (χ2n) is 10.5. The molecule has 2 aliphatic rings. The van der Waals surface area contributed by atoms with Gasteiger partial charge in [-0.05, 0) is 60.3 Å². The lowest BCUT2D eigenvalue weighted by molar-refractivity contribution is -0.0494. The van der Waals surface area contributed by atoms with Crippen molar-refractivity contribution in [3.63, 3.8) is 0 Å². The normalized spacial score (nSPS) is 24.1. The summed E-state index contributed by atoms with van der Waals surface area (Å²) < 4.78 is 6.39. The van der Waals surface area contributed by atoms with E-state index in [0.29, 0.717) is 32.2 Å². The van der Waals surface area contributed by atoms with E-state index in [1.165, 1.54) is 12.8 Å². The molecule has 2 aromatic carbocycles. The van der Waals surface area contributed by atoms with Crippen LogP contribution in [0, 0.1) is 16.7 Å². The van der Waals surface area contributed by atoms with Gasteiger partial charge in [-0.15, -0.1) is 0 Å². The number of nitrogens with one attached hydrogen (secondary N) is 3. The van der Waals surface area contributed by atoms with E-state index in [1.54, 1.807) is 4.90 Å². The number of hydrogen-bond acceptors (Lipinski definition) is 3. The maximum atomic E-state index is 13.0. The third kappa shape index (κ3) is 5.61. The van der Waals surface area contributed by atoms with Crippen molar-refractivity contribution in [1.29, 1.82) is 0 Å². The number of urea groups is 2. The average Bonchev–Trinajstić information content (AvgIpc) is 3.18. The molecule has 3 N–H and O–H groups in total. The number of hydrogen-bond donors (Lipinski definition) is 3. The van der Waals surface area contributed by atoms with Gasteiger partial charge in [0.25, 0.3) is 0 Å². The predicted molar refractivity (Wildman–Crippen MR) is 139 cm³/mol. The van der Waals surface area contributed by atoms with Crippen molar-refractivity contribution in [3.8, 4) is 0 Å². The maximum absolute atomic E-state index is 13.0. The Labute approximate surface area is 208 Å². The highest BCUT2D eigenvalue weighted by Gasteiger charge is 2.61. The zero-order chi connectivity index (χ0) is 24.9. The van der Waals surface area contributed by atoms with Crippen LogP contribution in [0.2, 0.25) is 0 Å². The smallest absolute Gasteiger partial charge is 0.321 e. The molecule has 0 aromatic heterocycles. The summed E-state index contributed by atoms with van der Waals surface area (Å²) in [5.41, 5.74) is 1.93. The van der Waals surface area contributed by atoms with Gasteiger partial charge in [0.05, 0.1) is 12.7 Å².